The van der Waals surface area contributed by atoms with Crippen LogP contribution in [-0.4, -0.2) is 24.0 Å². The third-order valence-electron chi connectivity index (χ3n) is 2.15. The predicted molar refractivity (Wildman–Crippen MR) is 72.9 cm³/mol. The standard InChI is InChI=1S/C12H18BrN3O/c1-9(2)7-16-12(17)4-6-15-11-3-5-14-8-10(11)13/h3,5,8-9H,4,6-7H2,1-2H3,(H,14,15)(H,16,17). The highest BCUT2D eigenvalue weighted by Gasteiger charge is 2.03. The SMILES string of the molecule is CC(C)CNC(=O)CCNc1ccncc1Br. The molecule has 0 radical (unpaired) electrons. The molecule has 0 aromatic carbocycles. The molecule has 0 unspecified atom stereocenters. The van der Waals surface area contributed by atoms with Crippen LogP contribution in [0.1, 0.15) is 20.3 Å². The van der Waals surface area contributed by atoms with E-state index in [2.05, 4.69) is 45.4 Å². The molecular formula is C12H18BrN3O. The molecule has 0 aliphatic carbocycles. The number of hydrogen-bond acceptors (Lipinski definition) is 3. The van der Waals surface area contributed by atoms with Crippen molar-refractivity contribution in [1.29, 1.82) is 0 Å². The van der Waals surface area contributed by atoms with Gasteiger partial charge >= 0.3 is 0 Å². The monoisotopic (exact) mass is 299 g/mol. The summed E-state index contributed by atoms with van der Waals surface area (Å²) in [5.74, 6) is 0.567. The maximum Gasteiger partial charge on any atom is 0.221 e. The number of hydrogen-bond donors (Lipinski definition) is 2. The number of amides is 1. The summed E-state index contributed by atoms with van der Waals surface area (Å²) in [6, 6.07) is 1.87. The van der Waals surface area contributed by atoms with E-state index in [0.717, 1.165) is 16.7 Å². The van der Waals surface area contributed by atoms with Crippen LogP contribution in [0, 0.1) is 5.92 Å². The van der Waals surface area contributed by atoms with Crippen molar-refractivity contribution in [2.75, 3.05) is 18.4 Å². The van der Waals surface area contributed by atoms with Gasteiger partial charge in [0.1, 0.15) is 0 Å². The minimum Gasteiger partial charge on any atom is -0.384 e. The molecule has 0 fully saturated rings. The molecule has 5 heteroatoms. The summed E-state index contributed by atoms with van der Waals surface area (Å²) in [6.07, 6.45) is 3.91. The third kappa shape index (κ3) is 5.68. The van der Waals surface area contributed by atoms with Gasteiger partial charge in [0, 0.05) is 31.9 Å². The van der Waals surface area contributed by atoms with Gasteiger partial charge in [-0.3, -0.25) is 9.78 Å². The van der Waals surface area contributed by atoms with Crippen LogP contribution in [0.3, 0.4) is 0 Å². The van der Waals surface area contributed by atoms with E-state index >= 15 is 0 Å². The molecule has 1 amide bonds. The molecule has 0 atom stereocenters. The Bertz CT molecular complexity index is 369. The van der Waals surface area contributed by atoms with E-state index < -0.39 is 0 Å². The number of rotatable bonds is 6. The lowest BCUT2D eigenvalue weighted by molar-refractivity contribution is -0.120. The number of anilines is 1. The molecule has 0 bridgehead atoms. The highest BCUT2D eigenvalue weighted by Crippen LogP contribution is 2.19. The van der Waals surface area contributed by atoms with Crippen molar-refractivity contribution in [2.24, 2.45) is 5.92 Å². The summed E-state index contributed by atoms with van der Waals surface area (Å²) in [5, 5.41) is 6.06. The van der Waals surface area contributed by atoms with Crippen LogP contribution < -0.4 is 10.6 Å². The molecular weight excluding hydrogens is 282 g/mol. The number of nitrogens with one attached hydrogen (secondary N) is 2. The molecule has 2 N–H and O–H groups in total. The Balaban J connectivity index is 2.24. The van der Waals surface area contributed by atoms with Gasteiger partial charge in [0.15, 0.2) is 0 Å². The van der Waals surface area contributed by atoms with Crippen LogP contribution in [0.4, 0.5) is 5.69 Å². The van der Waals surface area contributed by atoms with Gasteiger partial charge in [-0.1, -0.05) is 13.8 Å². The molecule has 0 aliphatic rings. The van der Waals surface area contributed by atoms with Crippen molar-refractivity contribution in [3.8, 4) is 0 Å². The zero-order chi connectivity index (χ0) is 12.7. The van der Waals surface area contributed by atoms with Gasteiger partial charge in [-0.15, -0.1) is 0 Å². The number of aromatic nitrogens is 1. The van der Waals surface area contributed by atoms with Gasteiger partial charge in [-0.25, -0.2) is 0 Å². The van der Waals surface area contributed by atoms with E-state index in [1.165, 1.54) is 0 Å². The summed E-state index contributed by atoms with van der Waals surface area (Å²) in [6.45, 7) is 5.50. The molecule has 1 aromatic rings. The van der Waals surface area contributed by atoms with Crippen molar-refractivity contribution in [3.63, 3.8) is 0 Å². The van der Waals surface area contributed by atoms with Crippen LogP contribution in [0.15, 0.2) is 22.9 Å². The normalized spacial score (nSPS) is 10.4. The third-order valence-corrected chi connectivity index (χ3v) is 2.78. The molecule has 0 aliphatic heterocycles. The van der Waals surface area contributed by atoms with Gasteiger partial charge in [-0.2, -0.15) is 0 Å². The Morgan fingerprint density at radius 3 is 2.94 bits per heavy atom. The van der Waals surface area contributed by atoms with Crippen molar-refractivity contribution in [1.82, 2.24) is 10.3 Å². The maximum absolute atomic E-state index is 11.4. The summed E-state index contributed by atoms with van der Waals surface area (Å²) >= 11 is 3.39. The van der Waals surface area contributed by atoms with Gasteiger partial charge in [-0.05, 0) is 27.9 Å². The Kier molecular flexibility index (Phi) is 5.97. The smallest absolute Gasteiger partial charge is 0.221 e. The summed E-state index contributed by atoms with van der Waals surface area (Å²) < 4.78 is 0.905. The highest BCUT2D eigenvalue weighted by atomic mass is 79.9. The van der Waals surface area contributed by atoms with E-state index in [9.17, 15) is 4.79 Å². The lowest BCUT2D eigenvalue weighted by atomic mass is 10.2. The predicted octanol–water partition coefficient (Wildman–Crippen LogP) is 2.42. The van der Waals surface area contributed by atoms with Crippen molar-refractivity contribution in [2.45, 2.75) is 20.3 Å². The van der Waals surface area contributed by atoms with Gasteiger partial charge < -0.3 is 10.6 Å². The highest BCUT2D eigenvalue weighted by molar-refractivity contribution is 9.10. The largest absolute Gasteiger partial charge is 0.384 e. The van der Waals surface area contributed by atoms with E-state index in [1.807, 2.05) is 6.07 Å². The summed E-state index contributed by atoms with van der Waals surface area (Å²) in [4.78, 5) is 15.4. The lowest BCUT2D eigenvalue weighted by Gasteiger charge is -2.09. The zero-order valence-corrected chi connectivity index (χ0v) is 11.8. The Morgan fingerprint density at radius 2 is 2.29 bits per heavy atom. The number of pyridine rings is 1. The second-order valence-corrected chi connectivity index (χ2v) is 5.08. The molecule has 1 rings (SSSR count). The molecule has 1 aromatic heterocycles. The van der Waals surface area contributed by atoms with Crippen molar-refractivity contribution in [3.05, 3.63) is 22.9 Å². The van der Waals surface area contributed by atoms with Crippen LogP contribution in [0.5, 0.6) is 0 Å². The average molecular weight is 300 g/mol. The molecule has 94 valence electrons. The fourth-order valence-corrected chi connectivity index (χ4v) is 1.63. The topological polar surface area (TPSA) is 54.0 Å². The summed E-state index contributed by atoms with van der Waals surface area (Å²) in [5.41, 5.74) is 0.955. The minimum absolute atomic E-state index is 0.0800. The van der Waals surface area contributed by atoms with E-state index in [-0.39, 0.29) is 5.91 Å². The Labute approximate surface area is 110 Å². The molecule has 0 saturated heterocycles. The van der Waals surface area contributed by atoms with Gasteiger partial charge in [0.05, 0.1) is 10.2 Å². The minimum atomic E-state index is 0.0800. The van der Waals surface area contributed by atoms with E-state index in [0.29, 0.717) is 18.9 Å². The second-order valence-electron chi connectivity index (χ2n) is 4.23. The zero-order valence-electron chi connectivity index (χ0n) is 10.2. The lowest BCUT2D eigenvalue weighted by Crippen LogP contribution is -2.28. The average Bonchev–Trinajstić information content (AvgIpc) is 2.29. The van der Waals surface area contributed by atoms with Crippen LogP contribution in [0.25, 0.3) is 0 Å². The molecule has 17 heavy (non-hydrogen) atoms. The molecule has 0 saturated carbocycles. The number of halogens is 1. The molecule has 0 spiro atoms. The van der Waals surface area contributed by atoms with E-state index in [1.54, 1.807) is 12.4 Å². The number of carbonyl (C=O) groups is 1. The summed E-state index contributed by atoms with van der Waals surface area (Å²) in [7, 11) is 0. The first-order valence-corrected chi connectivity index (χ1v) is 6.49. The fraction of sp³-hybridized carbons (Fsp3) is 0.500. The van der Waals surface area contributed by atoms with Crippen molar-refractivity contribution < 1.29 is 4.79 Å². The first kappa shape index (κ1) is 14.0. The Morgan fingerprint density at radius 1 is 1.53 bits per heavy atom. The fourth-order valence-electron chi connectivity index (χ4n) is 1.24. The van der Waals surface area contributed by atoms with Crippen LogP contribution >= 0.6 is 15.9 Å². The first-order chi connectivity index (χ1) is 8.09. The van der Waals surface area contributed by atoms with Gasteiger partial charge in [0.25, 0.3) is 0 Å². The van der Waals surface area contributed by atoms with Crippen LogP contribution in [0.2, 0.25) is 0 Å². The Hall–Kier alpha value is -1.10. The first-order valence-electron chi connectivity index (χ1n) is 5.69. The molecule has 4 nitrogen and oxygen atoms in total. The van der Waals surface area contributed by atoms with E-state index in [4.69, 9.17) is 0 Å². The van der Waals surface area contributed by atoms with Crippen LogP contribution in [-0.2, 0) is 4.79 Å². The van der Waals surface area contributed by atoms with Crippen molar-refractivity contribution >= 4 is 27.5 Å². The molecule has 1 heterocycles. The quantitative estimate of drug-likeness (QED) is 0.848. The maximum atomic E-state index is 11.4. The van der Waals surface area contributed by atoms with Gasteiger partial charge in [0.2, 0.25) is 5.91 Å². The number of carbonyl (C=O) groups excluding carboxylic acids is 1. The number of nitrogens with zero attached hydrogens (tertiary/aromatic N) is 1. The second kappa shape index (κ2) is 7.27.